The van der Waals surface area contributed by atoms with E-state index in [9.17, 15) is 4.79 Å². The van der Waals surface area contributed by atoms with Crippen LogP contribution in [0.15, 0.2) is 36.4 Å². The van der Waals surface area contributed by atoms with Crippen LogP contribution in [0.25, 0.3) is 0 Å². The van der Waals surface area contributed by atoms with Gasteiger partial charge < -0.3 is 14.8 Å². The summed E-state index contributed by atoms with van der Waals surface area (Å²) in [5, 5.41) is 3.06. The summed E-state index contributed by atoms with van der Waals surface area (Å²) in [6.07, 6.45) is 1.32. The quantitative estimate of drug-likeness (QED) is 0.828. The van der Waals surface area contributed by atoms with Crippen molar-refractivity contribution in [2.24, 2.45) is 0 Å². The molecule has 0 fully saturated rings. The second-order valence-corrected chi connectivity index (χ2v) is 6.19. The summed E-state index contributed by atoms with van der Waals surface area (Å²) in [5.41, 5.74) is 4.34. The summed E-state index contributed by atoms with van der Waals surface area (Å²) in [6.45, 7) is 6.10. The predicted molar refractivity (Wildman–Crippen MR) is 100 cm³/mol. The van der Waals surface area contributed by atoms with Crippen LogP contribution in [0.3, 0.4) is 0 Å². The number of nitrogens with one attached hydrogen (secondary N) is 1. The van der Waals surface area contributed by atoms with Crippen molar-refractivity contribution >= 4 is 5.91 Å². The molecule has 0 radical (unpaired) electrons. The molecule has 0 saturated carbocycles. The first-order valence-electron chi connectivity index (χ1n) is 8.58. The number of rotatable bonds is 7. The number of amides is 1. The highest BCUT2D eigenvalue weighted by Gasteiger charge is 2.14. The van der Waals surface area contributed by atoms with Crippen LogP contribution in [0.1, 0.15) is 42.1 Å². The minimum Gasteiger partial charge on any atom is -0.493 e. The lowest BCUT2D eigenvalue weighted by molar-refractivity contribution is -0.121. The van der Waals surface area contributed by atoms with Crippen LogP contribution in [0.5, 0.6) is 11.5 Å². The van der Waals surface area contributed by atoms with E-state index >= 15 is 0 Å². The van der Waals surface area contributed by atoms with Gasteiger partial charge in [-0.2, -0.15) is 0 Å². The molecule has 134 valence electrons. The Morgan fingerprint density at radius 2 is 1.68 bits per heavy atom. The molecule has 0 bridgehead atoms. The van der Waals surface area contributed by atoms with E-state index in [1.807, 2.05) is 26.0 Å². The number of carbonyl (C=O) groups excluding carboxylic acids is 1. The van der Waals surface area contributed by atoms with Crippen LogP contribution >= 0.6 is 0 Å². The highest BCUT2D eigenvalue weighted by Crippen LogP contribution is 2.30. The zero-order valence-electron chi connectivity index (χ0n) is 15.7. The summed E-state index contributed by atoms with van der Waals surface area (Å²) >= 11 is 0. The zero-order valence-corrected chi connectivity index (χ0v) is 15.7. The van der Waals surface area contributed by atoms with Gasteiger partial charge in [0.05, 0.1) is 26.7 Å². The molecular weight excluding hydrogens is 314 g/mol. The van der Waals surface area contributed by atoms with Crippen molar-refractivity contribution in [3.63, 3.8) is 0 Å². The molecule has 4 heteroatoms. The minimum absolute atomic E-state index is 0.0117. The van der Waals surface area contributed by atoms with Gasteiger partial charge in [-0.05, 0) is 54.7 Å². The van der Waals surface area contributed by atoms with E-state index in [-0.39, 0.29) is 11.9 Å². The van der Waals surface area contributed by atoms with Gasteiger partial charge in [-0.1, -0.05) is 31.2 Å². The van der Waals surface area contributed by atoms with Crippen LogP contribution in [0, 0.1) is 6.92 Å². The van der Waals surface area contributed by atoms with Crippen molar-refractivity contribution in [1.29, 1.82) is 0 Å². The molecule has 0 saturated heterocycles. The molecular formula is C21H27NO3. The Balaban J connectivity index is 2.06. The van der Waals surface area contributed by atoms with E-state index in [2.05, 4.69) is 36.5 Å². The van der Waals surface area contributed by atoms with Crippen LogP contribution in [-0.4, -0.2) is 20.1 Å². The summed E-state index contributed by atoms with van der Waals surface area (Å²) < 4.78 is 10.6. The minimum atomic E-state index is -0.0288. The molecule has 0 aliphatic rings. The van der Waals surface area contributed by atoms with Crippen molar-refractivity contribution in [3.8, 4) is 11.5 Å². The molecule has 0 aromatic heterocycles. The van der Waals surface area contributed by atoms with Gasteiger partial charge in [0.25, 0.3) is 0 Å². The fourth-order valence-corrected chi connectivity index (χ4v) is 2.80. The number of carbonyl (C=O) groups is 1. The number of hydrogen-bond donors (Lipinski definition) is 1. The molecule has 1 N–H and O–H groups in total. The normalized spacial score (nSPS) is 11.7. The van der Waals surface area contributed by atoms with Crippen molar-refractivity contribution < 1.29 is 14.3 Å². The molecule has 0 heterocycles. The third-order valence-electron chi connectivity index (χ3n) is 4.46. The Hall–Kier alpha value is -2.49. The molecule has 25 heavy (non-hydrogen) atoms. The van der Waals surface area contributed by atoms with Crippen LogP contribution in [-0.2, 0) is 17.6 Å². The first kappa shape index (κ1) is 18.8. The Labute approximate surface area is 150 Å². The third-order valence-corrected chi connectivity index (χ3v) is 4.46. The maximum absolute atomic E-state index is 12.4. The Bertz CT molecular complexity index is 723. The standard InChI is InChI=1S/C21H27NO3/c1-6-16-7-9-17(10-8-16)15(3)22-21(23)13-18-12-20(25-5)19(24-4)11-14(18)2/h7-12,15H,6,13H2,1-5H3,(H,22,23). The van der Waals surface area contributed by atoms with Crippen LogP contribution in [0.4, 0.5) is 0 Å². The molecule has 0 spiro atoms. The average Bonchev–Trinajstić information content (AvgIpc) is 2.62. The summed E-state index contributed by atoms with van der Waals surface area (Å²) in [7, 11) is 3.20. The first-order valence-corrected chi connectivity index (χ1v) is 8.58. The molecule has 2 rings (SSSR count). The smallest absolute Gasteiger partial charge is 0.224 e. The van der Waals surface area contributed by atoms with E-state index in [0.29, 0.717) is 17.9 Å². The first-order chi connectivity index (χ1) is 12.0. The maximum atomic E-state index is 12.4. The molecule has 0 aliphatic heterocycles. The van der Waals surface area contributed by atoms with Gasteiger partial charge in [-0.15, -0.1) is 0 Å². The zero-order chi connectivity index (χ0) is 18.4. The highest BCUT2D eigenvalue weighted by atomic mass is 16.5. The lowest BCUT2D eigenvalue weighted by Crippen LogP contribution is -2.28. The van der Waals surface area contributed by atoms with Crippen molar-refractivity contribution in [3.05, 3.63) is 58.7 Å². The fourth-order valence-electron chi connectivity index (χ4n) is 2.80. The lowest BCUT2D eigenvalue weighted by atomic mass is 10.0. The van der Waals surface area contributed by atoms with Gasteiger partial charge in [0, 0.05) is 0 Å². The van der Waals surface area contributed by atoms with Gasteiger partial charge in [-0.3, -0.25) is 4.79 Å². The third kappa shape index (κ3) is 4.75. The summed E-state index contributed by atoms with van der Waals surface area (Å²) in [6, 6.07) is 12.1. The average molecular weight is 341 g/mol. The molecule has 1 unspecified atom stereocenters. The fraction of sp³-hybridized carbons (Fsp3) is 0.381. The van der Waals surface area contributed by atoms with Crippen molar-refractivity contribution in [1.82, 2.24) is 5.32 Å². The Kier molecular flexibility index (Phi) is 6.45. The van der Waals surface area contributed by atoms with Gasteiger partial charge in [0.15, 0.2) is 11.5 Å². The van der Waals surface area contributed by atoms with E-state index < -0.39 is 0 Å². The number of hydrogen-bond acceptors (Lipinski definition) is 3. The second-order valence-electron chi connectivity index (χ2n) is 6.19. The number of methoxy groups -OCH3 is 2. The van der Waals surface area contributed by atoms with E-state index in [1.165, 1.54) is 5.56 Å². The molecule has 4 nitrogen and oxygen atoms in total. The van der Waals surface area contributed by atoms with E-state index in [4.69, 9.17) is 9.47 Å². The number of benzene rings is 2. The molecule has 0 aliphatic carbocycles. The van der Waals surface area contributed by atoms with Gasteiger partial charge >= 0.3 is 0 Å². The molecule has 2 aromatic carbocycles. The molecule has 2 aromatic rings. The predicted octanol–water partition coefficient (Wildman–Crippen LogP) is 3.99. The molecule has 1 atom stereocenters. The highest BCUT2D eigenvalue weighted by molar-refractivity contribution is 5.79. The maximum Gasteiger partial charge on any atom is 0.224 e. The Morgan fingerprint density at radius 1 is 1.08 bits per heavy atom. The molecule has 1 amide bonds. The van der Waals surface area contributed by atoms with Gasteiger partial charge in [-0.25, -0.2) is 0 Å². The lowest BCUT2D eigenvalue weighted by Gasteiger charge is -2.16. The van der Waals surface area contributed by atoms with Crippen molar-refractivity contribution in [2.75, 3.05) is 14.2 Å². The van der Waals surface area contributed by atoms with Gasteiger partial charge in [0.1, 0.15) is 0 Å². The van der Waals surface area contributed by atoms with Crippen LogP contribution in [0.2, 0.25) is 0 Å². The summed E-state index contributed by atoms with van der Waals surface area (Å²) in [5.74, 6) is 1.30. The van der Waals surface area contributed by atoms with Crippen LogP contribution < -0.4 is 14.8 Å². The monoisotopic (exact) mass is 341 g/mol. The number of aryl methyl sites for hydroxylation is 2. The van der Waals surface area contributed by atoms with Crippen molar-refractivity contribution in [2.45, 2.75) is 39.7 Å². The Morgan fingerprint density at radius 3 is 2.24 bits per heavy atom. The SMILES string of the molecule is CCc1ccc(C(C)NC(=O)Cc2cc(OC)c(OC)cc2C)cc1. The topological polar surface area (TPSA) is 47.6 Å². The second kappa shape index (κ2) is 8.56. The summed E-state index contributed by atoms with van der Waals surface area (Å²) in [4.78, 5) is 12.4. The van der Waals surface area contributed by atoms with E-state index in [0.717, 1.165) is 23.1 Å². The number of ether oxygens (including phenoxy) is 2. The van der Waals surface area contributed by atoms with E-state index in [1.54, 1.807) is 14.2 Å². The van der Waals surface area contributed by atoms with Gasteiger partial charge in [0.2, 0.25) is 5.91 Å². The largest absolute Gasteiger partial charge is 0.493 e.